The molecule has 0 bridgehead atoms. The summed E-state index contributed by atoms with van der Waals surface area (Å²) in [5.74, 6) is 0. The second-order valence-electron chi connectivity index (χ2n) is 6.45. The van der Waals surface area contributed by atoms with Crippen LogP contribution in [0.15, 0.2) is 91.0 Å². The molecule has 2 unspecified atom stereocenters. The molecule has 0 aromatic heterocycles. The van der Waals surface area contributed by atoms with Gasteiger partial charge in [-0.25, -0.2) is 9.59 Å². The molecule has 3 nitrogen and oxygen atoms in total. The summed E-state index contributed by atoms with van der Waals surface area (Å²) >= 11 is 7.15. The van der Waals surface area contributed by atoms with Crippen LogP contribution in [0.2, 0.25) is 0 Å². The molecular weight excluding hydrogens is 377 g/mol. The van der Waals surface area contributed by atoms with Gasteiger partial charge in [-0.05, 0) is 16.7 Å². The summed E-state index contributed by atoms with van der Waals surface area (Å²) in [4.78, 5) is 25.2. The van der Waals surface area contributed by atoms with E-state index in [0.29, 0.717) is 16.7 Å². The second-order valence-corrected chi connectivity index (χ2v) is 8.50. The number of hydrogen-bond donors (Lipinski definition) is 1. The Labute approximate surface area is 163 Å². The lowest BCUT2D eigenvalue weighted by Gasteiger charge is -2.36. The predicted molar refractivity (Wildman–Crippen MR) is 107 cm³/mol. The minimum absolute atomic E-state index is 0.432. The average molecular weight is 393 g/mol. The molecule has 0 aliphatic carbocycles. The van der Waals surface area contributed by atoms with Crippen LogP contribution in [0.4, 0.5) is 0 Å². The molecule has 5 heteroatoms. The molecule has 0 spiro atoms. The minimum Gasteiger partial charge on any atom is -0.240 e. The number of alkyl halides is 1. The molecule has 3 aromatic rings. The van der Waals surface area contributed by atoms with Gasteiger partial charge in [0.05, 0.1) is 0 Å². The third-order valence-electron chi connectivity index (χ3n) is 5.12. The quantitative estimate of drug-likeness (QED) is 0.478. The van der Waals surface area contributed by atoms with Crippen LogP contribution in [0, 0.1) is 5.16 Å². The largest absolute Gasteiger partial charge is 0.380 e. The summed E-state index contributed by atoms with van der Waals surface area (Å²) in [6.45, 7) is 0. The maximum Gasteiger partial charge on any atom is 0.380 e. The fourth-order valence-electron chi connectivity index (χ4n) is 3.92. The highest BCUT2D eigenvalue weighted by atomic mass is 35.5. The molecule has 1 fully saturated rings. The molecule has 0 radical (unpaired) electrons. The first-order valence-electron chi connectivity index (χ1n) is 8.50. The van der Waals surface area contributed by atoms with Crippen molar-refractivity contribution in [2.75, 3.05) is 0 Å². The summed E-state index contributed by atoms with van der Waals surface area (Å²) in [7, 11) is -2.29. The topological polar surface area (TPSA) is 58.0 Å². The summed E-state index contributed by atoms with van der Waals surface area (Å²) in [5.41, 5.74) is -0.601. The Bertz CT molecular complexity index is 998. The van der Waals surface area contributed by atoms with Gasteiger partial charge in [-0.1, -0.05) is 103 Å². The zero-order chi connectivity index (χ0) is 19.1. The summed E-state index contributed by atoms with van der Waals surface area (Å²) in [5, 5.41) is 8.38. The van der Waals surface area contributed by atoms with Crippen molar-refractivity contribution in [3.05, 3.63) is 108 Å². The van der Waals surface area contributed by atoms with E-state index in [9.17, 15) is 9.59 Å². The van der Waals surface area contributed by atoms with Gasteiger partial charge < -0.3 is 0 Å². The van der Waals surface area contributed by atoms with Crippen molar-refractivity contribution < 1.29 is 9.59 Å². The molecule has 0 amide bonds. The van der Waals surface area contributed by atoms with Crippen LogP contribution in [-0.4, -0.2) is 11.0 Å². The van der Waals surface area contributed by atoms with Crippen molar-refractivity contribution in [1.82, 2.24) is 0 Å². The number of carbonyl (C=O) groups is 2. The third-order valence-corrected chi connectivity index (χ3v) is 7.41. The smallest absolute Gasteiger partial charge is 0.240 e. The summed E-state index contributed by atoms with van der Waals surface area (Å²) < 4.78 is 0. The van der Waals surface area contributed by atoms with E-state index in [0.717, 1.165) is 0 Å². The molecule has 1 aliphatic heterocycles. The number of hydrogen-bond acceptors (Lipinski definition) is 3. The standard InChI is InChI=1S/C22H16ClNO2P/c23-22(18-14-8-3-9-15-18)20(26)27(24)19(25)21(22,16-10-4-1-5-11-16)17-12-6-2-7-13-17/h1-15,24H/q+1. The van der Waals surface area contributed by atoms with E-state index < -0.39 is 29.1 Å². The normalized spacial score (nSPS) is 22.8. The Morgan fingerprint density at radius 3 is 1.41 bits per heavy atom. The van der Waals surface area contributed by atoms with E-state index >= 15 is 0 Å². The monoisotopic (exact) mass is 392 g/mol. The molecule has 2 atom stereocenters. The first kappa shape index (κ1) is 17.8. The van der Waals surface area contributed by atoms with Gasteiger partial charge in [0.15, 0.2) is 5.41 Å². The summed E-state index contributed by atoms with van der Waals surface area (Å²) in [6, 6.07) is 27.2. The highest BCUT2D eigenvalue weighted by Gasteiger charge is 2.78. The van der Waals surface area contributed by atoms with Crippen LogP contribution in [0.5, 0.6) is 0 Å². The summed E-state index contributed by atoms with van der Waals surface area (Å²) in [6.07, 6.45) is 0. The molecule has 3 aromatic carbocycles. The van der Waals surface area contributed by atoms with E-state index in [4.69, 9.17) is 16.8 Å². The molecular formula is C22H16ClNO2P+. The van der Waals surface area contributed by atoms with E-state index in [1.54, 1.807) is 24.3 Å². The second kappa shape index (κ2) is 6.53. The number of carbonyl (C=O) groups excluding carboxylic acids is 2. The van der Waals surface area contributed by atoms with Crippen LogP contribution >= 0.6 is 19.3 Å². The Balaban J connectivity index is 2.17. The van der Waals surface area contributed by atoms with Crippen LogP contribution in [0.1, 0.15) is 16.7 Å². The number of benzene rings is 3. The zero-order valence-electron chi connectivity index (χ0n) is 14.3. The fraction of sp³-hybridized carbons (Fsp3) is 0.0909. The Kier molecular flexibility index (Phi) is 4.30. The van der Waals surface area contributed by atoms with Gasteiger partial charge in [0.2, 0.25) is 4.87 Å². The average Bonchev–Trinajstić information content (AvgIpc) is 2.89. The van der Waals surface area contributed by atoms with Crippen molar-refractivity contribution in [3.63, 3.8) is 0 Å². The fourth-order valence-corrected chi connectivity index (χ4v) is 6.22. The number of halogens is 1. The molecule has 132 valence electrons. The van der Waals surface area contributed by atoms with Crippen molar-refractivity contribution in [2.24, 2.45) is 0 Å². The lowest BCUT2D eigenvalue weighted by molar-refractivity contribution is -0.118. The molecule has 4 rings (SSSR count). The van der Waals surface area contributed by atoms with E-state index in [-0.39, 0.29) is 0 Å². The van der Waals surface area contributed by atoms with Crippen molar-refractivity contribution >= 4 is 30.4 Å². The molecule has 1 heterocycles. The molecule has 1 aliphatic rings. The van der Waals surface area contributed by atoms with Gasteiger partial charge in [0, 0.05) is 0 Å². The highest BCUT2D eigenvalue weighted by molar-refractivity contribution is 7.82. The Morgan fingerprint density at radius 1 is 0.630 bits per heavy atom. The zero-order valence-corrected chi connectivity index (χ0v) is 16.0. The van der Waals surface area contributed by atoms with Crippen LogP contribution in [0.25, 0.3) is 0 Å². The maximum absolute atomic E-state index is 13.6. The maximum atomic E-state index is 13.6. The van der Waals surface area contributed by atoms with Gasteiger partial charge in [0.25, 0.3) is 0 Å². The van der Waals surface area contributed by atoms with E-state index in [2.05, 4.69) is 0 Å². The number of rotatable bonds is 3. The predicted octanol–water partition coefficient (Wildman–Crippen LogP) is 5.42. The van der Waals surface area contributed by atoms with Crippen LogP contribution < -0.4 is 0 Å². The van der Waals surface area contributed by atoms with Crippen molar-refractivity contribution in [2.45, 2.75) is 10.3 Å². The van der Waals surface area contributed by atoms with E-state index in [1.807, 2.05) is 66.7 Å². The minimum atomic E-state index is -2.29. The van der Waals surface area contributed by atoms with Gasteiger partial charge >= 0.3 is 18.8 Å². The van der Waals surface area contributed by atoms with Gasteiger partial charge in [-0.3, -0.25) is 0 Å². The van der Waals surface area contributed by atoms with Crippen LogP contribution in [0.3, 0.4) is 0 Å². The molecule has 0 saturated carbocycles. The van der Waals surface area contributed by atoms with Crippen molar-refractivity contribution in [1.29, 1.82) is 5.16 Å². The highest BCUT2D eigenvalue weighted by Crippen LogP contribution is 2.65. The Morgan fingerprint density at radius 2 is 1.00 bits per heavy atom. The lowest BCUT2D eigenvalue weighted by Crippen LogP contribution is -2.49. The van der Waals surface area contributed by atoms with E-state index in [1.165, 1.54) is 0 Å². The van der Waals surface area contributed by atoms with Gasteiger partial charge in [-0.15, -0.1) is 5.16 Å². The van der Waals surface area contributed by atoms with Gasteiger partial charge in [0.1, 0.15) is 0 Å². The van der Waals surface area contributed by atoms with Crippen LogP contribution in [-0.2, 0) is 19.9 Å². The SMILES string of the molecule is N=[P+]1C(=O)C(Cl)(c2ccccc2)C(c2ccccc2)(c2ccccc2)C1=O. The Hall–Kier alpha value is -2.61. The first-order valence-corrected chi connectivity index (χ1v) is 10.2. The lowest BCUT2D eigenvalue weighted by atomic mass is 9.64. The first-order chi connectivity index (χ1) is 13.0. The molecule has 1 saturated heterocycles. The van der Waals surface area contributed by atoms with Gasteiger partial charge in [-0.2, -0.15) is 0 Å². The molecule has 27 heavy (non-hydrogen) atoms. The molecule has 1 N–H and O–H groups in total. The van der Waals surface area contributed by atoms with Crippen molar-refractivity contribution in [3.8, 4) is 0 Å². The third kappa shape index (κ3) is 2.29. The number of nitrogens with one attached hydrogen (secondary N) is 1.